The van der Waals surface area contributed by atoms with Gasteiger partial charge in [-0.25, -0.2) is 4.39 Å². The standard InChI is InChI=1S/C27H33FN6O2/c1-33(2)24-20-15-36-27(9-3-5-17-6-7-21(30)19(13-29)23(17)27)12-22(20)31-25(32-24)35-16-26-8-4-10-34(26)14-18(28)11-26/h6-7,18H,3-5,8-12,14-16,30H2,1-2H3. The second-order valence-electron chi connectivity index (χ2n) is 11.0. The van der Waals surface area contributed by atoms with Gasteiger partial charge in [0, 0.05) is 50.3 Å². The Hall–Kier alpha value is -2.96. The fourth-order valence-corrected chi connectivity index (χ4v) is 6.92. The fourth-order valence-electron chi connectivity index (χ4n) is 6.92. The molecule has 0 amide bonds. The van der Waals surface area contributed by atoms with Crippen molar-refractivity contribution < 1.29 is 13.9 Å². The lowest BCUT2D eigenvalue weighted by Gasteiger charge is -2.43. The number of rotatable bonds is 4. The van der Waals surface area contributed by atoms with Gasteiger partial charge in [0.25, 0.3) is 0 Å². The van der Waals surface area contributed by atoms with E-state index < -0.39 is 11.8 Å². The normalized spacial score (nSPS) is 28.9. The van der Waals surface area contributed by atoms with E-state index in [0.29, 0.717) is 49.9 Å². The highest BCUT2D eigenvalue weighted by atomic mass is 19.1. The molecule has 9 heteroatoms. The molecule has 2 saturated heterocycles. The molecule has 1 aromatic heterocycles. The summed E-state index contributed by atoms with van der Waals surface area (Å²) in [5.41, 5.74) is 10.2. The number of nitriles is 1. The molecule has 3 aliphatic heterocycles. The third kappa shape index (κ3) is 3.61. The van der Waals surface area contributed by atoms with Gasteiger partial charge in [0.15, 0.2) is 0 Å². The van der Waals surface area contributed by atoms with Crippen molar-refractivity contribution in [3.05, 3.63) is 40.1 Å². The minimum absolute atomic E-state index is 0.261. The van der Waals surface area contributed by atoms with Crippen molar-refractivity contribution in [1.29, 1.82) is 5.26 Å². The number of nitrogen functional groups attached to an aromatic ring is 1. The van der Waals surface area contributed by atoms with Crippen LogP contribution in [0.4, 0.5) is 15.9 Å². The van der Waals surface area contributed by atoms with Crippen molar-refractivity contribution in [3.63, 3.8) is 0 Å². The number of nitrogens with two attached hydrogens (primary N) is 1. The average Bonchev–Trinajstić information content (AvgIpc) is 3.38. The Labute approximate surface area is 211 Å². The Morgan fingerprint density at radius 2 is 2.17 bits per heavy atom. The van der Waals surface area contributed by atoms with Crippen LogP contribution in [0.3, 0.4) is 0 Å². The summed E-state index contributed by atoms with van der Waals surface area (Å²) in [7, 11) is 3.90. The smallest absolute Gasteiger partial charge is 0.318 e. The highest BCUT2D eigenvalue weighted by Crippen LogP contribution is 2.48. The predicted molar refractivity (Wildman–Crippen MR) is 134 cm³/mol. The number of nitrogens with zero attached hydrogens (tertiary/aromatic N) is 5. The second kappa shape index (κ2) is 8.56. The molecule has 190 valence electrons. The van der Waals surface area contributed by atoms with Crippen LogP contribution >= 0.6 is 0 Å². The highest BCUT2D eigenvalue weighted by molar-refractivity contribution is 5.63. The topological polar surface area (TPSA) is 101 Å². The molecule has 1 aliphatic carbocycles. The van der Waals surface area contributed by atoms with Crippen molar-refractivity contribution in [1.82, 2.24) is 14.9 Å². The third-order valence-electron chi connectivity index (χ3n) is 8.57. The Kier molecular flexibility index (Phi) is 5.58. The van der Waals surface area contributed by atoms with Crippen LogP contribution in [0, 0.1) is 11.3 Å². The van der Waals surface area contributed by atoms with E-state index in [-0.39, 0.29) is 5.54 Å². The number of benzene rings is 1. The first-order chi connectivity index (χ1) is 17.3. The summed E-state index contributed by atoms with van der Waals surface area (Å²) < 4.78 is 27.1. The summed E-state index contributed by atoms with van der Waals surface area (Å²) in [6.07, 6.45) is 4.89. The molecule has 2 fully saturated rings. The molecule has 3 atom stereocenters. The van der Waals surface area contributed by atoms with E-state index in [9.17, 15) is 9.65 Å². The summed E-state index contributed by atoms with van der Waals surface area (Å²) in [5.74, 6) is 0.768. The molecule has 3 unspecified atom stereocenters. The molecule has 2 aromatic rings. The van der Waals surface area contributed by atoms with E-state index in [4.69, 9.17) is 25.2 Å². The molecule has 0 radical (unpaired) electrons. The number of hydrogen-bond donors (Lipinski definition) is 1. The number of alkyl halides is 1. The molecule has 4 heterocycles. The second-order valence-corrected chi connectivity index (χ2v) is 11.0. The van der Waals surface area contributed by atoms with Gasteiger partial charge in [0.2, 0.25) is 0 Å². The molecule has 1 spiro atoms. The zero-order valence-electron chi connectivity index (χ0n) is 21.0. The molecule has 0 saturated carbocycles. The molecule has 36 heavy (non-hydrogen) atoms. The molecule has 0 bridgehead atoms. The van der Waals surface area contributed by atoms with Crippen molar-refractivity contribution in [2.75, 3.05) is 44.4 Å². The summed E-state index contributed by atoms with van der Waals surface area (Å²) in [5, 5.41) is 9.94. The predicted octanol–water partition coefficient (Wildman–Crippen LogP) is 3.26. The van der Waals surface area contributed by atoms with Crippen LogP contribution in [0.5, 0.6) is 6.01 Å². The fraction of sp³-hybridized carbons (Fsp3) is 0.593. The first-order valence-corrected chi connectivity index (χ1v) is 12.9. The molecular weight excluding hydrogens is 459 g/mol. The number of halogens is 1. The van der Waals surface area contributed by atoms with Gasteiger partial charge in [0.1, 0.15) is 30.3 Å². The van der Waals surface area contributed by atoms with Crippen LogP contribution in [-0.2, 0) is 29.8 Å². The van der Waals surface area contributed by atoms with Gasteiger partial charge in [-0.15, -0.1) is 0 Å². The maximum absolute atomic E-state index is 14.2. The molecule has 2 N–H and O–H groups in total. The molecular formula is C27H33FN6O2. The van der Waals surface area contributed by atoms with Crippen molar-refractivity contribution >= 4 is 11.5 Å². The minimum atomic E-state index is -0.805. The van der Waals surface area contributed by atoms with Crippen molar-refractivity contribution in [2.24, 2.45) is 0 Å². The van der Waals surface area contributed by atoms with Crippen molar-refractivity contribution in [2.45, 2.75) is 68.9 Å². The van der Waals surface area contributed by atoms with E-state index >= 15 is 0 Å². The first-order valence-electron chi connectivity index (χ1n) is 12.9. The summed E-state index contributed by atoms with van der Waals surface area (Å²) in [4.78, 5) is 13.8. The van der Waals surface area contributed by atoms with E-state index in [2.05, 4.69) is 11.0 Å². The first kappa shape index (κ1) is 23.4. The molecule has 6 rings (SSSR count). The Bertz CT molecular complexity index is 1250. The van der Waals surface area contributed by atoms with E-state index in [1.165, 1.54) is 0 Å². The number of aromatic nitrogens is 2. The lowest BCUT2D eigenvalue weighted by Crippen LogP contribution is -2.44. The zero-order chi connectivity index (χ0) is 25.1. The van der Waals surface area contributed by atoms with Gasteiger partial charge in [0.05, 0.1) is 23.4 Å². The monoisotopic (exact) mass is 492 g/mol. The third-order valence-corrected chi connectivity index (χ3v) is 8.57. The molecule has 4 aliphatic rings. The number of anilines is 2. The number of ether oxygens (including phenoxy) is 2. The van der Waals surface area contributed by atoms with Crippen LogP contribution < -0.4 is 15.4 Å². The maximum Gasteiger partial charge on any atom is 0.318 e. The van der Waals surface area contributed by atoms with Gasteiger partial charge in [-0.05, 0) is 50.3 Å². The maximum atomic E-state index is 14.2. The SMILES string of the molecule is CN(C)c1nc(OCC23CCCN2CC(F)C3)nc2c1COC1(CCCc3ccc(N)c(C#N)c31)C2. The largest absolute Gasteiger partial charge is 0.461 e. The van der Waals surface area contributed by atoms with Gasteiger partial charge >= 0.3 is 6.01 Å². The zero-order valence-corrected chi connectivity index (χ0v) is 21.0. The number of fused-ring (bicyclic) bond motifs is 4. The van der Waals surface area contributed by atoms with E-state index in [1.807, 2.05) is 31.1 Å². The Balaban J connectivity index is 1.36. The van der Waals surface area contributed by atoms with Crippen LogP contribution in [-0.4, -0.2) is 60.4 Å². The lowest BCUT2D eigenvalue weighted by molar-refractivity contribution is -0.0856. The van der Waals surface area contributed by atoms with Crippen LogP contribution in [0.1, 0.15) is 60.1 Å². The van der Waals surface area contributed by atoms with Gasteiger partial charge in [-0.3, -0.25) is 4.90 Å². The number of aryl methyl sites for hydroxylation is 1. The van der Waals surface area contributed by atoms with Gasteiger partial charge in [-0.2, -0.15) is 15.2 Å². The van der Waals surface area contributed by atoms with Gasteiger partial charge < -0.3 is 20.1 Å². The Morgan fingerprint density at radius 1 is 1.31 bits per heavy atom. The quantitative estimate of drug-likeness (QED) is 0.650. The summed E-state index contributed by atoms with van der Waals surface area (Å²) in [6, 6.07) is 6.50. The molecule has 1 aromatic carbocycles. The number of hydrogen-bond acceptors (Lipinski definition) is 8. The highest BCUT2D eigenvalue weighted by Gasteiger charge is 2.50. The summed E-state index contributed by atoms with van der Waals surface area (Å²) >= 11 is 0. The van der Waals surface area contributed by atoms with Crippen LogP contribution in [0.25, 0.3) is 0 Å². The minimum Gasteiger partial charge on any atom is -0.461 e. The van der Waals surface area contributed by atoms with Crippen LogP contribution in [0.15, 0.2) is 12.1 Å². The van der Waals surface area contributed by atoms with Crippen LogP contribution in [0.2, 0.25) is 0 Å². The van der Waals surface area contributed by atoms with Crippen molar-refractivity contribution in [3.8, 4) is 12.1 Å². The molecule has 8 nitrogen and oxygen atoms in total. The van der Waals surface area contributed by atoms with E-state index in [1.54, 1.807) is 0 Å². The Morgan fingerprint density at radius 3 is 2.97 bits per heavy atom. The average molecular weight is 493 g/mol. The lowest BCUT2D eigenvalue weighted by atomic mass is 9.72. The summed E-state index contributed by atoms with van der Waals surface area (Å²) in [6.45, 7) is 2.14. The van der Waals surface area contributed by atoms with Gasteiger partial charge in [-0.1, -0.05) is 6.07 Å². The van der Waals surface area contributed by atoms with E-state index in [0.717, 1.165) is 66.9 Å².